The Hall–Kier alpha value is -0.750. The fourth-order valence-corrected chi connectivity index (χ4v) is 3.86. The highest BCUT2D eigenvalue weighted by Gasteiger charge is 2.29. The normalized spacial score (nSPS) is 27.8. The maximum Gasteiger partial charge on any atom is 0.344 e. The first-order valence-corrected chi connectivity index (χ1v) is 7.79. The summed E-state index contributed by atoms with van der Waals surface area (Å²) in [6, 6.07) is 0.780. The number of aromatic nitrogens is 3. The van der Waals surface area contributed by atoms with Crippen LogP contribution in [-0.4, -0.2) is 26.6 Å². The maximum absolute atomic E-state index is 11.6. The van der Waals surface area contributed by atoms with Gasteiger partial charge in [-0.2, -0.15) is 0 Å². The maximum atomic E-state index is 11.6. The van der Waals surface area contributed by atoms with Crippen LogP contribution in [0.15, 0.2) is 9.95 Å². The van der Waals surface area contributed by atoms with Gasteiger partial charge >= 0.3 is 5.69 Å². The van der Waals surface area contributed by atoms with Crippen molar-refractivity contribution in [2.24, 2.45) is 11.7 Å². The number of rotatable bonds is 5. The van der Waals surface area contributed by atoms with Crippen LogP contribution in [-0.2, 0) is 0 Å². The molecule has 0 bridgehead atoms. The van der Waals surface area contributed by atoms with Crippen LogP contribution < -0.4 is 11.4 Å². The summed E-state index contributed by atoms with van der Waals surface area (Å²) in [5.41, 5.74) is 6.01. The molecule has 0 saturated heterocycles. The molecule has 1 aromatic rings. The molecule has 1 aromatic heterocycles. The standard InChI is InChI=1S/C12H20N4OS/c13-10-3-1-2-8(10)6-7-18-12-15-14-11(17)16(12)9-4-5-9/h8-10H,1-7,13H2,(H,14,17). The molecule has 2 aliphatic carbocycles. The first-order chi connectivity index (χ1) is 8.75. The van der Waals surface area contributed by atoms with E-state index in [2.05, 4.69) is 10.2 Å². The van der Waals surface area contributed by atoms with Crippen molar-refractivity contribution in [3.05, 3.63) is 10.5 Å². The van der Waals surface area contributed by atoms with Crippen molar-refractivity contribution in [1.82, 2.24) is 14.8 Å². The minimum Gasteiger partial charge on any atom is -0.327 e. The van der Waals surface area contributed by atoms with E-state index in [1.165, 1.54) is 19.3 Å². The monoisotopic (exact) mass is 268 g/mol. The van der Waals surface area contributed by atoms with Gasteiger partial charge in [-0.3, -0.25) is 4.57 Å². The molecule has 0 radical (unpaired) electrons. The molecule has 2 saturated carbocycles. The summed E-state index contributed by atoms with van der Waals surface area (Å²) in [4.78, 5) is 11.6. The van der Waals surface area contributed by atoms with Crippen LogP contribution in [0.25, 0.3) is 0 Å². The second-order valence-electron chi connectivity index (χ2n) is 5.40. The van der Waals surface area contributed by atoms with Crippen LogP contribution in [0.2, 0.25) is 0 Å². The van der Waals surface area contributed by atoms with Gasteiger partial charge in [0.15, 0.2) is 5.16 Å². The lowest BCUT2D eigenvalue weighted by Crippen LogP contribution is -2.24. The third kappa shape index (κ3) is 2.49. The molecule has 2 fully saturated rings. The number of thioether (sulfide) groups is 1. The number of nitrogens with zero attached hydrogens (tertiary/aromatic N) is 2. The largest absolute Gasteiger partial charge is 0.344 e. The molecular formula is C12H20N4OS. The van der Waals surface area contributed by atoms with Crippen LogP contribution in [0.3, 0.4) is 0 Å². The molecule has 1 heterocycles. The highest BCUT2D eigenvalue weighted by molar-refractivity contribution is 7.99. The van der Waals surface area contributed by atoms with E-state index in [1.54, 1.807) is 11.8 Å². The molecule has 2 unspecified atom stereocenters. The minimum absolute atomic E-state index is 0.0578. The summed E-state index contributed by atoms with van der Waals surface area (Å²) in [5, 5.41) is 7.53. The zero-order chi connectivity index (χ0) is 12.5. The van der Waals surface area contributed by atoms with Crippen LogP contribution >= 0.6 is 11.8 Å². The second kappa shape index (κ2) is 5.09. The van der Waals surface area contributed by atoms with Gasteiger partial charge in [0.1, 0.15) is 0 Å². The number of H-pyrrole nitrogens is 1. The Morgan fingerprint density at radius 1 is 1.39 bits per heavy atom. The zero-order valence-corrected chi connectivity index (χ0v) is 11.3. The number of hydrogen-bond donors (Lipinski definition) is 2. The van der Waals surface area contributed by atoms with Crippen LogP contribution in [0, 0.1) is 5.92 Å². The highest BCUT2D eigenvalue weighted by Crippen LogP contribution is 2.36. The molecule has 18 heavy (non-hydrogen) atoms. The number of hydrogen-bond acceptors (Lipinski definition) is 4. The van der Waals surface area contributed by atoms with Crippen molar-refractivity contribution in [3.63, 3.8) is 0 Å². The van der Waals surface area contributed by atoms with Crippen molar-refractivity contribution in [2.45, 2.75) is 55.8 Å². The first-order valence-electron chi connectivity index (χ1n) is 6.81. The quantitative estimate of drug-likeness (QED) is 0.794. The molecule has 2 atom stereocenters. The molecule has 100 valence electrons. The first kappa shape index (κ1) is 12.3. The van der Waals surface area contributed by atoms with E-state index in [0.29, 0.717) is 18.0 Å². The lowest BCUT2D eigenvalue weighted by molar-refractivity contribution is 0.470. The lowest BCUT2D eigenvalue weighted by atomic mass is 10.0. The Balaban J connectivity index is 1.55. The van der Waals surface area contributed by atoms with Gasteiger partial charge in [0.05, 0.1) is 0 Å². The van der Waals surface area contributed by atoms with Gasteiger partial charge in [-0.1, -0.05) is 18.2 Å². The van der Waals surface area contributed by atoms with Gasteiger partial charge in [0, 0.05) is 17.8 Å². The van der Waals surface area contributed by atoms with E-state index in [1.807, 2.05) is 4.57 Å². The summed E-state index contributed by atoms with van der Waals surface area (Å²) in [6.45, 7) is 0. The minimum atomic E-state index is -0.0578. The fourth-order valence-electron chi connectivity index (χ4n) is 2.77. The molecule has 6 heteroatoms. The molecule has 0 aromatic carbocycles. The van der Waals surface area contributed by atoms with Gasteiger partial charge in [-0.15, -0.1) is 5.10 Å². The summed E-state index contributed by atoms with van der Waals surface area (Å²) >= 11 is 1.69. The third-order valence-electron chi connectivity index (χ3n) is 4.02. The zero-order valence-electron chi connectivity index (χ0n) is 10.5. The van der Waals surface area contributed by atoms with Gasteiger partial charge in [0.25, 0.3) is 0 Å². The van der Waals surface area contributed by atoms with E-state index in [-0.39, 0.29) is 5.69 Å². The summed E-state index contributed by atoms with van der Waals surface area (Å²) in [7, 11) is 0. The molecule has 3 N–H and O–H groups in total. The van der Waals surface area contributed by atoms with Gasteiger partial charge in [-0.25, -0.2) is 9.89 Å². The van der Waals surface area contributed by atoms with Gasteiger partial charge in [-0.05, 0) is 38.0 Å². The van der Waals surface area contributed by atoms with E-state index >= 15 is 0 Å². The Morgan fingerprint density at radius 2 is 2.22 bits per heavy atom. The lowest BCUT2D eigenvalue weighted by Gasteiger charge is -2.14. The van der Waals surface area contributed by atoms with Crippen molar-refractivity contribution in [1.29, 1.82) is 0 Å². The van der Waals surface area contributed by atoms with Gasteiger partial charge in [0.2, 0.25) is 0 Å². The van der Waals surface area contributed by atoms with Crippen molar-refractivity contribution >= 4 is 11.8 Å². The average Bonchev–Trinajstić information content (AvgIpc) is 3.01. The summed E-state index contributed by atoms with van der Waals surface area (Å²) < 4.78 is 1.82. The van der Waals surface area contributed by atoms with E-state index in [9.17, 15) is 4.79 Å². The van der Waals surface area contributed by atoms with Crippen molar-refractivity contribution < 1.29 is 0 Å². The Kier molecular flexibility index (Phi) is 3.48. The molecular weight excluding hydrogens is 248 g/mol. The molecule has 3 rings (SSSR count). The predicted octanol–water partition coefficient (Wildman–Crippen LogP) is 1.52. The highest BCUT2D eigenvalue weighted by atomic mass is 32.2. The summed E-state index contributed by atoms with van der Waals surface area (Å²) in [6.07, 6.45) is 7.06. The number of nitrogens with one attached hydrogen (secondary N) is 1. The van der Waals surface area contributed by atoms with Crippen molar-refractivity contribution in [2.75, 3.05) is 5.75 Å². The van der Waals surface area contributed by atoms with Gasteiger partial charge < -0.3 is 5.73 Å². The van der Waals surface area contributed by atoms with Crippen LogP contribution in [0.1, 0.15) is 44.6 Å². The fraction of sp³-hybridized carbons (Fsp3) is 0.833. The van der Waals surface area contributed by atoms with Crippen molar-refractivity contribution in [3.8, 4) is 0 Å². The van der Waals surface area contributed by atoms with Crippen LogP contribution in [0.5, 0.6) is 0 Å². The number of nitrogens with two attached hydrogens (primary N) is 1. The predicted molar refractivity (Wildman–Crippen MR) is 71.8 cm³/mol. The molecule has 0 amide bonds. The Bertz CT molecular complexity index is 465. The SMILES string of the molecule is NC1CCCC1CCSc1n[nH]c(=O)n1C1CC1. The topological polar surface area (TPSA) is 76.7 Å². The van der Waals surface area contributed by atoms with Crippen LogP contribution in [0.4, 0.5) is 0 Å². The van der Waals surface area contributed by atoms with E-state index < -0.39 is 0 Å². The smallest absolute Gasteiger partial charge is 0.327 e. The molecule has 0 spiro atoms. The van der Waals surface area contributed by atoms with E-state index in [0.717, 1.165) is 30.2 Å². The molecule has 2 aliphatic rings. The van der Waals surface area contributed by atoms with E-state index in [4.69, 9.17) is 5.73 Å². The summed E-state index contributed by atoms with van der Waals surface area (Å²) in [5.74, 6) is 1.67. The third-order valence-corrected chi connectivity index (χ3v) is 5.01. The Labute approximate surface area is 111 Å². The second-order valence-corrected chi connectivity index (χ2v) is 6.47. The number of aromatic amines is 1. The Morgan fingerprint density at radius 3 is 2.89 bits per heavy atom. The molecule has 5 nitrogen and oxygen atoms in total. The average molecular weight is 268 g/mol. The molecule has 0 aliphatic heterocycles.